The van der Waals surface area contributed by atoms with Crippen molar-refractivity contribution in [2.75, 3.05) is 12.8 Å². The number of ether oxygens (including phenoxy) is 2. The molecule has 0 saturated heterocycles. The molecule has 1 aliphatic rings. The Morgan fingerprint density at radius 2 is 1.97 bits per heavy atom. The maximum absolute atomic E-state index is 10.2. The molecule has 1 saturated carbocycles. The first-order chi connectivity index (χ1) is 15.3. The van der Waals surface area contributed by atoms with Crippen molar-refractivity contribution in [1.82, 2.24) is 14.4 Å². The number of aromatic nitrogens is 3. The summed E-state index contributed by atoms with van der Waals surface area (Å²) in [6, 6.07) is 13.6. The van der Waals surface area contributed by atoms with Crippen LogP contribution in [0.15, 0.2) is 54.9 Å². The van der Waals surface area contributed by atoms with E-state index in [1.807, 2.05) is 66.9 Å². The molecule has 3 N–H and O–H groups in total. The number of nitrogens with two attached hydrogens (primary N) is 1. The van der Waals surface area contributed by atoms with Crippen molar-refractivity contribution in [3.8, 4) is 28.5 Å². The zero-order valence-corrected chi connectivity index (χ0v) is 18.4. The second kappa shape index (κ2) is 7.53. The highest BCUT2D eigenvalue weighted by atomic mass is 16.5. The SMILES string of the molecule is COc1cc(-c2nc(C3CC(C)(O)C3)n3ccnc(N)c23)ccc1Oc1cccc(C)c1. The predicted octanol–water partition coefficient (Wildman–Crippen LogP) is 4.72. The molecule has 32 heavy (non-hydrogen) atoms. The van der Waals surface area contributed by atoms with E-state index in [0.717, 1.165) is 33.9 Å². The number of nitrogen functional groups attached to an aromatic ring is 1. The number of anilines is 1. The van der Waals surface area contributed by atoms with Crippen molar-refractivity contribution in [2.24, 2.45) is 0 Å². The highest BCUT2D eigenvalue weighted by Crippen LogP contribution is 2.46. The summed E-state index contributed by atoms with van der Waals surface area (Å²) < 4.78 is 13.7. The van der Waals surface area contributed by atoms with Crippen molar-refractivity contribution in [3.63, 3.8) is 0 Å². The van der Waals surface area contributed by atoms with Gasteiger partial charge in [0.2, 0.25) is 0 Å². The van der Waals surface area contributed by atoms with Crippen molar-refractivity contribution in [1.29, 1.82) is 0 Å². The van der Waals surface area contributed by atoms with E-state index >= 15 is 0 Å². The molecule has 1 aliphatic carbocycles. The topological polar surface area (TPSA) is 94.9 Å². The molecular formula is C25H26N4O3. The van der Waals surface area contributed by atoms with Crippen LogP contribution in [0, 0.1) is 6.92 Å². The van der Waals surface area contributed by atoms with Crippen LogP contribution in [0.1, 0.15) is 37.1 Å². The monoisotopic (exact) mass is 430 g/mol. The van der Waals surface area contributed by atoms with Crippen molar-refractivity contribution < 1.29 is 14.6 Å². The molecule has 7 nitrogen and oxygen atoms in total. The Hall–Kier alpha value is -3.58. The molecule has 0 atom stereocenters. The fraction of sp³-hybridized carbons (Fsp3) is 0.280. The zero-order chi connectivity index (χ0) is 22.5. The van der Waals surface area contributed by atoms with Gasteiger partial charge in [-0.2, -0.15) is 0 Å². The summed E-state index contributed by atoms with van der Waals surface area (Å²) in [4.78, 5) is 9.22. The summed E-state index contributed by atoms with van der Waals surface area (Å²) in [5.74, 6) is 3.42. The third-order valence-electron chi connectivity index (χ3n) is 6.00. The minimum atomic E-state index is -0.646. The second-order valence-corrected chi connectivity index (χ2v) is 8.74. The average molecular weight is 431 g/mol. The Kier molecular flexibility index (Phi) is 4.78. The van der Waals surface area contributed by atoms with Crippen molar-refractivity contribution >= 4 is 11.3 Å². The second-order valence-electron chi connectivity index (χ2n) is 8.74. The molecule has 2 aromatic carbocycles. The molecule has 2 heterocycles. The molecule has 164 valence electrons. The van der Waals surface area contributed by atoms with Gasteiger partial charge in [0.25, 0.3) is 0 Å². The quantitative estimate of drug-likeness (QED) is 0.476. The number of hydrogen-bond acceptors (Lipinski definition) is 6. The molecule has 0 spiro atoms. The van der Waals surface area contributed by atoms with Gasteiger partial charge in [0.05, 0.1) is 12.7 Å². The first kappa shape index (κ1) is 20.3. The van der Waals surface area contributed by atoms with Gasteiger partial charge < -0.3 is 20.3 Å². The third kappa shape index (κ3) is 3.54. The molecule has 0 aliphatic heterocycles. The van der Waals surface area contributed by atoms with Gasteiger partial charge in [-0.05, 0) is 62.6 Å². The largest absolute Gasteiger partial charge is 0.493 e. The van der Waals surface area contributed by atoms with E-state index in [4.69, 9.17) is 20.2 Å². The lowest BCUT2D eigenvalue weighted by Gasteiger charge is -2.40. The minimum absolute atomic E-state index is 0.166. The van der Waals surface area contributed by atoms with Gasteiger partial charge in [-0.25, -0.2) is 9.97 Å². The minimum Gasteiger partial charge on any atom is -0.493 e. The van der Waals surface area contributed by atoms with E-state index in [1.54, 1.807) is 13.3 Å². The lowest BCUT2D eigenvalue weighted by Crippen LogP contribution is -2.40. The Morgan fingerprint density at radius 3 is 2.69 bits per heavy atom. The normalized spacial score (nSPS) is 20.2. The summed E-state index contributed by atoms with van der Waals surface area (Å²) >= 11 is 0. The number of imidazole rings is 1. The number of aryl methyl sites for hydroxylation is 1. The summed E-state index contributed by atoms with van der Waals surface area (Å²) in [7, 11) is 1.62. The zero-order valence-electron chi connectivity index (χ0n) is 18.4. The molecule has 7 heteroatoms. The molecule has 0 bridgehead atoms. The number of hydrogen-bond donors (Lipinski definition) is 2. The molecular weight excluding hydrogens is 404 g/mol. The van der Waals surface area contributed by atoms with Crippen LogP contribution in [0.5, 0.6) is 17.2 Å². The Balaban J connectivity index is 1.57. The van der Waals surface area contributed by atoms with Gasteiger partial charge >= 0.3 is 0 Å². The van der Waals surface area contributed by atoms with Gasteiger partial charge in [0, 0.05) is 23.9 Å². The molecule has 2 aromatic heterocycles. The van der Waals surface area contributed by atoms with E-state index in [-0.39, 0.29) is 5.92 Å². The van der Waals surface area contributed by atoms with E-state index in [0.29, 0.717) is 30.2 Å². The molecule has 0 unspecified atom stereocenters. The van der Waals surface area contributed by atoms with E-state index in [9.17, 15) is 5.11 Å². The van der Waals surface area contributed by atoms with Crippen LogP contribution in [0.2, 0.25) is 0 Å². The van der Waals surface area contributed by atoms with Crippen molar-refractivity contribution in [2.45, 2.75) is 38.2 Å². The van der Waals surface area contributed by atoms with Gasteiger partial charge in [0.1, 0.15) is 28.6 Å². The number of rotatable bonds is 5. The number of aliphatic hydroxyl groups is 1. The average Bonchev–Trinajstić information content (AvgIpc) is 3.13. The molecule has 1 fully saturated rings. The van der Waals surface area contributed by atoms with Gasteiger partial charge in [-0.1, -0.05) is 12.1 Å². The number of benzene rings is 2. The van der Waals surface area contributed by atoms with E-state index in [1.165, 1.54) is 0 Å². The van der Waals surface area contributed by atoms with Crippen LogP contribution in [-0.4, -0.2) is 32.2 Å². The Labute approximate surface area is 186 Å². The van der Waals surface area contributed by atoms with Gasteiger partial charge in [0.15, 0.2) is 11.5 Å². The fourth-order valence-electron chi connectivity index (χ4n) is 4.47. The van der Waals surface area contributed by atoms with Crippen LogP contribution >= 0.6 is 0 Å². The van der Waals surface area contributed by atoms with E-state index < -0.39 is 5.60 Å². The van der Waals surface area contributed by atoms with Gasteiger partial charge in [-0.15, -0.1) is 0 Å². The van der Waals surface area contributed by atoms with Gasteiger partial charge in [-0.3, -0.25) is 4.40 Å². The van der Waals surface area contributed by atoms with Crippen LogP contribution in [-0.2, 0) is 0 Å². The first-order valence-corrected chi connectivity index (χ1v) is 10.6. The van der Waals surface area contributed by atoms with E-state index in [2.05, 4.69) is 4.98 Å². The van der Waals surface area contributed by atoms with Crippen LogP contribution in [0.4, 0.5) is 5.82 Å². The Bertz CT molecular complexity index is 1300. The summed E-state index contributed by atoms with van der Waals surface area (Å²) in [6.45, 7) is 3.88. The maximum atomic E-state index is 10.2. The molecule has 4 aromatic rings. The summed E-state index contributed by atoms with van der Waals surface area (Å²) in [5, 5.41) is 10.2. The first-order valence-electron chi connectivity index (χ1n) is 10.6. The molecule has 5 rings (SSSR count). The number of fused-ring (bicyclic) bond motifs is 1. The molecule has 0 amide bonds. The predicted molar refractivity (Wildman–Crippen MR) is 123 cm³/mol. The lowest BCUT2D eigenvalue weighted by molar-refractivity contribution is -0.0335. The summed E-state index contributed by atoms with van der Waals surface area (Å²) in [6.07, 6.45) is 4.88. The summed E-state index contributed by atoms with van der Waals surface area (Å²) in [5.41, 5.74) is 9.07. The molecule has 0 radical (unpaired) electrons. The highest BCUT2D eigenvalue weighted by molar-refractivity contribution is 5.86. The maximum Gasteiger partial charge on any atom is 0.169 e. The Morgan fingerprint density at radius 1 is 1.16 bits per heavy atom. The van der Waals surface area contributed by atoms with Crippen LogP contribution < -0.4 is 15.2 Å². The van der Waals surface area contributed by atoms with Crippen molar-refractivity contribution in [3.05, 3.63) is 66.2 Å². The smallest absolute Gasteiger partial charge is 0.169 e. The van der Waals surface area contributed by atoms with Crippen LogP contribution in [0.25, 0.3) is 16.8 Å². The highest BCUT2D eigenvalue weighted by Gasteiger charge is 2.41. The number of methoxy groups -OCH3 is 1. The standard InChI is InChI=1S/C25H26N4O3/c1-15-5-4-6-18(11-15)32-19-8-7-16(12-20(19)31-3)21-22-23(26)27-9-10-29(22)24(28-21)17-13-25(2,30)14-17/h4-12,17,30H,13-14H2,1-3H3,(H2,26,27). The fourth-order valence-corrected chi connectivity index (χ4v) is 4.47. The third-order valence-corrected chi connectivity index (χ3v) is 6.00. The number of nitrogens with zero attached hydrogens (tertiary/aromatic N) is 3. The lowest BCUT2D eigenvalue weighted by atomic mass is 9.72. The van der Waals surface area contributed by atoms with Crippen LogP contribution in [0.3, 0.4) is 0 Å².